The molecule has 3 aromatic rings. The Morgan fingerprint density at radius 1 is 1.21 bits per heavy atom. The molecule has 1 N–H and O–H groups in total. The fourth-order valence-electron chi connectivity index (χ4n) is 3.67. The number of anilines is 1. The Kier molecular flexibility index (Phi) is 7.76. The normalized spacial score (nSPS) is 13.7. The van der Waals surface area contributed by atoms with Crippen molar-refractivity contribution in [2.75, 3.05) is 18.5 Å². The average molecular weight is 448 g/mol. The number of benzene rings is 1. The van der Waals surface area contributed by atoms with E-state index in [1.54, 1.807) is 17.8 Å². The lowest BCUT2D eigenvalue weighted by Gasteiger charge is -2.26. The molecule has 7 heteroatoms. The van der Waals surface area contributed by atoms with Crippen LogP contribution in [0.5, 0.6) is 0 Å². The predicted octanol–water partition coefficient (Wildman–Crippen LogP) is 4.98. The van der Waals surface area contributed by atoms with Gasteiger partial charge in [-0.05, 0) is 51.0 Å². The number of nitrogens with one attached hydrogen (secondary N) is 1. The Labute approximate surface area is 195 Å². The van der Waals surface area contributed by atoms with Crippen LogP contribution in [0.3, 0.4) is 0 Å². The zero-order chi connectivity index (χ0) is 24.1. The van der Waals surface area contributed by atoms with E-state index in [4.69, 9.17) is 4.74 Å². The zero-order valence-corrected chi connectivity index (χ0v) is 20.6. The maximum absolute atomic E-state index is 13.2. The van der Waals surface area contributed by atoms with E-state index in [1.165, 1.54) is 0 Å². The summed E-state index contributed by atoms with van der Waals surface area (Å²) in [5.74, 6) is 0.509. The first kappa shape index (κ1) is 24.3. The van der Waals surface area contributed by atoms with Crippen LogP contribution in [0.1, 0.15) is 45.7 Å². The summed E-state index contributed by atoms with van der Waals surface area (Å²) in [6.45, 7) is 13.2. The molecule has 1 aromatic carbocycles. The topological polar surface area (TPSA) is 81.4 Å². The molecule has 0 spiro atoms. The number of fused-ring (bicyclic) bond motifs is 1. The lowest BCUT2D eigenvalue weighted by molar-refractivity contribution is 0.0208. The van der Waals surface area contributed by atoms with Crippen molar-refractivity contribution in [3.63, 3.8) is 0 Å². The van der Waals surface area contributed by atoms with E-state index in [9.17, 15) is 4.79 Å². The molecule has 7 nitrogen and oxygen atoms in total. The number of hydrogen-bond acceptors (Lipinski definition) is 6. The van der Waals surface area contributed by atoms with Crippen LogP contribution in [-0.2, 0) is 11.8 Å². The number of nitrogens with zero attached hydrogens (tertiary/aromatic N) is 4. The van der Waals surface area contributed by atoms with Gasteiger partial charge in [0.2, 0.25) is 5.95 Å². The lowest BCUT2D eigenvalue weighted by Crippen LogP contribution is -2.40. The Morgan fingerprint density at radius 3 is 2.52 bits per heavy atom. The summed E-state index contributed by atoms with van der Waals surface area (Å²) in [6, 6.07) is 8.17. The molecular weight excluding hydrogens is 414 g/mol. The first-order valence-electron chi connectivity index (χ1n) is 11.4. The standard InChI is InChI=1S/C24H27N5O2.C2H6/c1-6-21(26-14(2)3)16-7-8-19(15(4)9-16)20-10-17-11-25-24(27-18-12-31-13-18)28-22(17)29(5)23(20)30;1-2/h6-11,18H,12-13H2,1-5H3,(H,25,27,28);1-2H3/b21-6-;. The molecule has 0 atom stereocenters. The summed E-state index contributed by atoms with van der Waals surface area (Å²) < 4.78 is 6.77. The molecule has 0 bridgehead atoms. The van der Waals surface area contributed by atoms with Gasteiger partial charge in [0, 0.05) is 35.5 Å². The van der Waals surface area contributed by atoms with Gasteiger partial charge in [0.1, 0.15) is 5.65 Å². The minimum atomic E-state index is -0.0892. The van der Waals surface area contributed by atoms with Crippen LogP contribution >= 0.6 is 0 Å². The zero-order valence-electron chi connectivity index (χ0n) is 20.6. The summed E-state index contributed by atoms with van der Waals surface area (Å²) in [6.07, 6.45) is 3.75. The second kappa shape index (κ2) is 10.5. The summed E-state index contributed by atoms with van der Waals surface area (Å²) >= 11 is 0. The summed E-state index contributed by atoms with van der Waals surface area (Å²) in [5.41, 5.74) is 6.00. The molecule has 174 valence electrons. The second-order valence-electron chi connectivity index (χ2n) is 8.04. The van der Waals surface area contributed by atoms with Crippen molar-refractivity contribution in [2.24, 2.45) is 12.0 Å². The second-order valence-corrected chi connectivity index (χ2v) is 8.04. The SMILES string of the molecule is C/C=C(\N=C(C)C)c1ccc(-c2cc3cnc(NC4COC4)nc3n(C)c2=O)c(C)c1.CC. The molecule has 33 heavy (non-hydrogen) atoms. The summed E-state index contributed by atoms with van der Waals surface area (Å²) in [4.78, 5) is 26.8. The van der Waals surface area contributed by atoms with E-state index in [2.05, 4.69) is 26.3 Å². The van der Waals surface area contributed by atoms with E-state index >= 15 is 0 Å². The van der Waals surface area contributed by atoms with Crippen LogP contribution in [0.4, 0.5) is 5.95 Å². The number of aryl methyl sites for hydroxylation is 2. The first-order valence-corrected chi connectivity index (χ1v) is 11.4. The van der Waals surface area contributed by atoms with Crippen LogP contribution in [0.2, 0.25) is 0 Å². The Hall–Kier alpha value is -3.32. The van der Waals surface area contributed by atoms with Gasteiger partial charge >= 0.3 is 0 Å². The van der Waals surface area contributed by atoms with Crippen molar-refractivity contribution in [3.8, 4) is 11.1 Å². The van der Waals surface area contributed by atoms with Gasteiger partial charge in [-0.25, -0.2) is 4.98 Å². The number of ether oxygens (including phenoxy) is 1. The van der Waals surface area contributed by atoms with Gasteiger partial charge in [-0.2, -0.15) is 4.98 Å². The monoisotopic (exact) mass is 447 g/mol. The molecule has 1 aliphatic heterocycles. The van der Waals surface area contributed by atoms with Crippen LogP contribution in [-0.4, -0.2) is 39.5 Å². The Bertz CT molecular complexity index is 1270. The van der Waals surface area contributed by atoms with Gasteiger partial charge < -0.3 is 10.1 Å². The molecule has 0 unspecified atom stereocenters. The minimum Gasteiger partial charge on any atom is -0.377 e. The van der Waals surface area contributed by atoms with Crippen LogP contribution in [0.15, 0.2) is 46.3 Å². The third-order valence-electron chi connectivity index (χ3n) is 5.35. The minimum absolute atomic E-state index is 0.0892. The maximum Gasteiger partial charge on any atom is 0.259 e. The molecule has 1 aliphatic rings. The summed E-state index contributed by atoms with van der Waals surface area (Å²) in [7, 11) is 1.75. The first-order chi connectivity index (χ1) is 15.9. The fourth-order valence-corrected chi connectivity index (χ4v) is 3.67. The lowest BCUT2D eigenvalue weighted by atomic mass is 9.97. The van der Waals surface area contributed by atoms with E-state index in [-0.39, 0.29) is 11.6 Å². The number of rotatable bonds is 5. The molecule has 0 aliphatic carbocycles. The molecular formula is C26H33N5O2. The molecule has 0 amide bonds. The van der Waals surface area contributed by atoms with E-state index in [0.29, 0.717) is 30.4 Å². The van der Waals surface area contributed by atoms with Gasteiger partial charge in [-0.3, -0.25) is 14.4 Å². The van der Waals surface area contributed by atoms with Crippen molar-refractivity contribution in [1.82, 2.24) is 14.5 Å². The third-order valence-corrected chi connectivity index (χ3v) is 5.35. The number of hydrogen-bond donors (Lipinski definition) is 1. The quantitative estimate of drug-likeness (QED) is 0.558. The average Bonchev–Trinajstić information content (AvgIpc) is 2.78. The van der Waals surface area contributed by atoms with Crippen molar-refractivity contribution in [2.45, 2.75) is 47.6 Å². The Balaban J connectivity index is 0.00000149. The highest BCUT2D eigenvalue weighted by molar-refractivity contribution is 5.87. The predicted molar refractivity (Wildman–Crippen MR) is 137 cm³/mol. The molecule has 1 fully saturated rings. The van der Waals surface area contributed by atoms with Crippen LogP contribution < -0.4 is 10.9 Å². The van der Waals surface area contributed by atoms with Crippen molar-refractivity contribution in [1.29, 1.82) is 0 Å². The van der Waals surface area contributed by atoms with Crippen molar-refractivity contribution >= 4 is 28.4 Å². The molecule has 2 aromatic heterocycles. The third kappa shape index (κ3) is 5.20. The smallest absolute Gasteiger partial charge is 0.259 e. The molecule has 1 saturated heterocycles. The van der Waals surface area contributed by atoms with E-state index < -0.39 is 0 Å². The number of allylic oxidation sites excluding steroid dienone is 1. The largest absolute Gasteiger partial charge is 0.377 e. The Morgan fingerprint density at radius 2 is 1.94 bits per heavy atom. The van der Waals surface area contributed by atoms with Crippen molar-refractivity contribution < 1.29 is 4.74 Å². The highest BCUT2D eigenvalue weighted by Crippen LogP contribution is 2.27. The maximum atomic E-state index is 13.2. The van der Waals surface area contributed by atoms with Gasteiger partial charge in [-0.1, -0.05) is 32.1 Å². The van der Waals surface area contributed by atoms with Gasteiger partial charge in [-0.15, -0.1) is 0 Å². The van der Waals surface area contributed by atoms with Gasteiger partial charge in [0.05, 0.1) is 25.0 Å². The van der Waals surface area contributed by atoms with Crippen molar-refractivity contribution in [3.05, 3.63) is 58.0 Å². The fraction of sp³-hybridized carbons (Fsp3) is 0.385. The van der Waals surface area contributed by atoms with Crippen LogP contribution in [0, 0.1) is 6.92 Å². The molecule has 4 rings (SSSR count). The van der Waals surface area contributed by atoms with E-state index in [0.717, 1.165) is 33.5 Å². The number of aromatic nitrogens is 3. The molecule has 0 radical (unpaired) electrons. The van der Waals surface area contributed by atoms with Crippen LogP contribution in [0.25, 0.3) is 27.9 Å². The highest BCUT2D eigenvalue weighted by Gasteiger charge is 2.20. The summed E-state index contributed by atoms with van der Waals surface area (Å²) in [5, 5.41) is 4.05. The number of pyridine rings is 1. The van der Waals surface area contributed by atoms with Gasteiger partial charge in [0.15, 0.2) is 0 Å². The highest BCUT2D eigenvalue weighted by atomic mass is 16.5. The molecule has 0 saturated carbocycles. The van der Waals surface area contributed by atoms with E-state index in [1.807, 2.05) is 65.8 Å². The molecule has 3 heterocycles. The number of aliphatic imine (C=N–C) groups is 1. The van der Waals surface area contributed by atoms with Gasteiger partial charge in [0.25, 0.3) is 5.56 Å².